The molecule has 1 aromatic rings. The van der Waals surface area contributed by atoms with E-state index in [1.807, 2.05) is 6.92 Å². The molecule has 1 saturated carbocycles. The minimum atomic E-state index is 0. The summed E-state index contributed by atoms with van der Waals surface area (Å²) >= 11 is 0. The van der Waals surface area contributed by atoms with Crippen LogP contribution in [0, 0.1) is 11.8 Å². The van der Waals surface area contributed by atoms with E-state index in [0.717, 1.165) is 31.2 Å². The van der Waals surface area contributed by atoms with Gasteiger partial charge in [-0.1, -0.05) is 37.6 Å². The summed E-state index contributed by atoms with van der Waals surface area (Å²) in [5.74, 6) is 0.645. The molecule has 3 atom stereocenters. The SMILES string of the molecule is CCc1ccc(C(C)NC(=O)[C@@H]2CCC[C@@H]2CN)cc1.Cl. The summed E-state index contributed by atoms with van der Waals surface area (Å²) < 4.78 is 0. The Labute approximate surface area is 134 Å². The summed E-state index contributed by atoms with van der Waals surface area (Å²) in [6, 6.07) is 8.55. The molecule has 3 nitrogen and oxygen atoms in total. The van der Waals surface area contributed by atoms with Crippen molar-refractivity contribution in [2.45, 2.75) is 45.6 Å². The largest absolute Gasteiger partial charge is 0.349 e. The van der Waals surface area contributed by atoms with Crippen molar-refractivity contribution in [2.24, 2.45) is 17.6 Å². The fourth-order valence-corrected chi connectivity index (χ4v) is 3.11. The molecule has 0 bridgehead atoms. The summed E-state index contributed by atoms with van der Waals surface area (Å²) in [7, 11) is 0. The molecule has 118 valence electrons. The number of hydrogen-bond acceptors (Lipinski definition) is 2. The van der Waals surface area contributed by atoms with E-state index in [4.69, 9.17) is 5.73 Å². The summed E-state index contributed by atoms with van der Waals surface area (Å²) in [5, 5.41) is 3.15. The van der Waals surface area contributed by atoms with Gasteiger partial charge in [-0.25, -0.2) is 0 Å². The highest BCUT2D eigenvalue weighted by Gasteiger charge is 2.32. The number of amides is 1. The van der Waals surface area contributed by atoms with Crippen LogP contribution in [0.15, 0.2) is 24.3 Å². The second-order valence-corrected chi connectivity index (χ2v) is 5.86. The number of benzene rings is 1. The summed E-state index contributed by atoms with van der Waals surface area (Å²) in [5.41, 5.74) is 8.25. The van der Waals surface area contributed by atoms with Gasteiger partial charge in [0.25, 0.3) is 0 Å². The monoisotopic (exact) mass is 310 g/mol. The summed E-state index contributed by atoms with van der Waals surface area (Å²) in [6.07, 6.45) is 4.24. The normalized spacial score (nSPS) is 22.4. The molecular formula is C17H27ClN2O. The second kappa shape index (κ2) is 8.40. The van der Waals surface area contributed by atoms with Crippen LogP contribution in [-0.2, 0) is 11.2 Å². The smallest absolute Gasteiger partial charge is 0.223 e. The van der Waals surface area contributed by atoms with Crippen LogP contribution in [0.4, 0.5) is 0 Å². The Morgan fingerprint density at radius 3 is 2.57 bits per heavy atom. The molecule has 4 heteroatoms. The van der Waals surface area contributed by atoms with Gasteiger partial charge in [0.05, 0.1) is 6.04 Å². The number of carbonyl (C=O) groups excluding carboxylic acids is 1. The molecule has 0 spiro atoms. The van der Waals surface area contributed by atoms with Crippen LogP contribution in [0.5, 0.6) is 0 Å². The lowest BCUT2D eigenvalue weighted by molar-refractivity contribution is -0.126. The highest BCUT2D eigenvalue weighted by Crippen LogP contribution is 2.31. The Hall–Kier alpha value is -1.06. The van der Waals surface area contributed by atoms with E-state index in [9.17, 15) is 4.79 Å². The van der Waals surface area contributed by atoms with E-state index in [1.165, 1.54) is 5.56 Å². The highest BCUT2D eigenvalue weighted by molar-refractivity contribution is 5.85. The van der Waals surface area contributed by atoms with E-state index in [2.05, 4.69) is 36.5 Å². The van der Waals surface area contributed by atoms with Gasteiger partial charge in [0.2, 0.25) is 5.91 Å². The molecule has 0 saturated heterocycles. The van der Waals surface area contributed by atoms with Crippen molar-refractivity contribution >= 4 is 18.3 Å². The van der Waals surface area contributed by atoms with Crippen molar-refractivity contribution in [1.82, 2.24) is 5.32 Å². The van der Waals surface area contributed by atoms with Crippen LogP contribution in [-0.4, -0.2) is 12.5 Å². The van der Waals surface area contributed by atoms with E-state index >= 15 is 0 Å². The molecule has 0 aromatic heterocycles. The number of rotatable bonds is 5. The van der Waals surface area contributed by atoms with Gasteiger partial charge in [-0.2, -0.15) is 0 Å². The van der Waals surface area contributed by atoms with Crippen LogP contribution in [0.2, 0.25) is 0 Å². The number of halogens is 1. The van der Waals surface area contributed by atoms with Gasteiger partial charge in [-0.3, -0.25) is 4.79 Å². The third-order valence-corrected chi connectivity index (χ3v) is 4.55. The predicted molar refractivity (Wildman–Crippen MR) is 89.5 cm³/mol. The molecule has 1 aliphatic rings. The van der Waals surface area contributed by atoms with Crippen molar-refractivity contribution in [3.63, 3.8) is 0 Å². The van der Waals surface area contributed by atoms with E-state index < -0.39 is 0 Å². The van der Waals surface area contributed by atoms with Gasteiger partial charge >= 0.3 is 0 Å². The van der Waals surface area contributed by atoms with Crippen LogP contribution in [0.25, 0.3) is 0 Å². The fourth-order valence-electron chi connectivity index (χ4n) is 3.11. The van der Waals surface area contributed by atoms with Crippen LogP contribution < -0.4 is 11.1 Å². The maximum Gasteiger partial charge on any atom is 0.223 e. The van der Waals surface area contributed by atoms with Gasteiger partial charge in [-0.15, -0.1) is 12.4 Å². The molecule has 1 unspecified atom stereocenters. The first-order chi connectivity index (χ1) is 9.65. The molecule has 1 aromatic carbocycles. The molecule has 0 radical (unpaired) electrons. The molecule has 2 rings (SSSR count). The Kier molecular flexibility index (Phi) is 7.20. The minimum absolute atomic E-state index is 0. The average Bonchev–Trinajstić information content (AvgIpc) is 2.95. The van der Waals surface area contributed by atoms with Crippen molar-refractivity contribution in [1.29, 1.82) is 0 Å². The summed E-state index contributed by atoms with van der Waals surface area (Å²) in [6.45, 7) is 4.82. The number of aryl methyl sites for hydroxylation is 1. The highest BCUT2D eigenvalue weighted by atomic mass is 35.5. The maximum absolute atomic E-state index is 12.4. The van der Waals surface area contributed by atoms with Crippen LogP contribution in [0.3, 0.4) is 0 Å². The first kappa shape index (κ1) is 18.0. The van der Waals surface area contributed by atoms with Gasteiger partial charge in [-0.05, 0) is 49.8 Å². The van der Waals surface area contributed by atoms with E-state index in [0.29, 0.717) is 12.5 Å². The minimum Gasteiger partial charge on any atom is -0.349 e. The molecule has 1 aliphatic carbocycles. The number of hydrogen-bond donors (Lipinski definition) is 2. The number of carbonyl (C=O) groups is 1. The maximum atomic E-state index is 12.4. The zero-order valence-corrected chi connectivity index (χ0v) is 13.8. The van der Waals surface area contributed by atoms with Crippen molar-refractivity contribution in [2.75, 3.05) is 6.54 Å². The molecule has 1 amide bonds. The predicted octanol–water partition coefficient (Wildman–Crippen LogP) is 3.22. The van der Waals surface area contributed by atoms with Crippen molar-refractivity contribution in [3.8, 4) is 0 Å². The lowest BCUT2D eigenvalue weighted by Gasteiger charge is -2.21. The third kappa shape index (κ3) is 4.45. The number of nitrogens with one attached hydrogen (secondary N) is 1. The van der Waals surface area contributed by atoms with Gasteiger partial charge < -0.3 is 11.1 Å². The molecule has 1 fully saturated rings. The number of nitrogens with two attached hydrogens (primary N) is 1. The van der Waals surface area contributed by atoms with Gasteiger partial charge in [0.15, 0.2) is 0 Å². The Balaban J connectivity index is 0.00000220. The molecule has 3 N–H and O–H groups in total. The molecule has 0 heterocycles. The average molecular weight is 311 g/mol. The quantitative estimate of drug-likeness (QED) is 0.877. The van der Waals surface area contributed by atoms with Crippen LogP contribution >= 0.6 is 12.4 Å². The molecular weight excluding hydrogens is 284 g/mol. The topological polar surface area (TPSA) is 55.1 Å². The Bertz CT molecular complexity index is 447. The third-order valence-electron chi connectivity index (χ3n) is 4.55. The summed E-state index contributed by atoms with van der Waals surface area (Å²) in [4.78, 5) is 12.4. The van der Waals surface area contributed by atoms with E-state index in [1.54, 1.807) is 0 Å². The first-order valence-electron chi connectivity index (χ1n) is 7.75. The molecule has 0 aliphatic heterocycles. The lowest BCUT2D eigenvalue weighted by atomic mass is 9.94. The zero-order valence-electron chi connectivity index (χ0n) is 13.0. The molecule has 21 heavy (non-hydrogen) atoms. The second-order valence-electron chi connectivity index (χ2n) is 5.86. The van der Waals surface area contributed by atoms with Gasteiger partial charge in [0, 0.05) is 5.92 Å². The Morgan fingerprint density at radius 1 is 1.33 bits per heavy atom. The van der Waals surface area contributed by atoms with E-state index in [-0.39, 0.29) is 30.3 Å². The van der Waals surface area contributed by atoms with Crippen LogP contribution in [0.1, 0.15) is 50.3 Å². The standard InChI is InChI=1S/C17H26N2O.ClH/c1-3-13-7-9-14(10-8-13)12(2)19-17(20)16-6-4-5-15(16)11-18;/h7-10,12,15-16H,3-6,11,18H2,1-2H3,(H,19,20);1H/t12?,15-,16-;/m1./s1. The van der Waals surface area contributed by atoms with Crippen molar-refractivity contribution < 1.29 is 4.79 Å². The van der Waals surface area contributed by atoms with Gasteiger partial charge in [0.1, 0.15) is 0 Å². The lowest BCUT2D eigenvalue weighted by Crippen LogP contribution is -2.36. The fraction of sp³-hybridized carbons (Fsp3) is 0.588. The first-order valence-corrected chi connectivity index (χ1v) is 7.75. The Morgan fingerprint density at radius 2 is 2.00 bits per heavy atom. The van der Waals surface area contributed by atoms with Crippen molar-refractivity contribution in [3.05, 3.63) is 35.4 Å². The zero-order chi connectivity index (χ0) is 14.5.